The summed E-state index contributed by atoms with van der Waals surface area (Å²) in [6, 6.07) is 1.37. The van der Waals surface area contributed by atoms with Crippen LogP contribution in [0.3, 0.4) is 0 Å². The molecule has 1 amide bonds. The van der Waals surface area contributed by atoms with Gasteiger partial charge in [-0.1, -0.05) is 30.1 Å². The van der Waals surface area contributed by atoms with Crippen LogP contribution in [0.5, 0.6) is 0 Å². The molecule has 1 aliphatic heterocycles. The third kappa shape index (κ3) is 4.32. The molecule has 21 heavy (non-hydrogen) atoms. The van der Waals surface area contributed by atoms with Gasteiger partial charge in [0.25, 0.3) is 5.91 Å². The number of hydrogen-bond acceptors (Lipinski definition) is 4. The monoisotopic (exact) mass is 330 g/mol. The van der Waals surface area contributed by atoms with Crippen molar-refractivity contribution in [3.8, 4) is 0 Å². The molecule has 114 valence electrons. The number of ether oxygens (including phenoxy) is 1. The average molecular weight is 331 g/mol. The second-order valence-corrected chi connectivity index (χ2v) is 5.93. The first kappa shape index (κ1) is 16.0. The van der Waals surface area contributed by atoms with Crippen LogP contribution in [0.25, 0.3) is 0 Å². The van der Waals surface area contributed by atoms with Crippen molar-refractivity contribution in [1.82, 2.24) is 9.88 Å². The van der Waals surface area contributed by atoms with Crippen LogP contribution in [0.4, 0.5) is 0 Å². The highest BCUT2D eigenvalue weighted by Crippen LogP contribution is 2.20. The van der Waals surface area contributed by atoms with E-state index in [1.807, 2.05) is 0 Å². The molecule has 1 aliphatic rings. The van der Waals surface area contributed by atoms with E-state index in [4.69, 9.17) is 27.9 Å². The Hall–Kier alpha value is -1.33. The number of likely N-dealkylation sites (tertiary alicyclic amines) is 1. The lowest BCUT2D eigenvalue weighted by molar-refractivity contribution is -0.136. The second kappa shape index (κ2) is 7.09. The van der Waals surface area contributed by atoms with Crippen molar-refractivity contribution in [3.63, 3.8) is 0 Å². The Morgan fingerprint density at radius 2 is 2.24 bits per heavy atom. The summed E-state index contributed by atoms with van der Waals surface area (Å²) in [7, 11) is 0. The van der Waals surface area contributed by atoms with Crippen LogP contribution in [-0.4, -0.2) is 41.5 Å². The highest BCUT2D eigenvalue weighted by molar-refractivity contribution is 6.41. The molecule has 0 spiro atoms. The normalized spacial score (nSPS) is 18.4. The Bertz CT molecular complexity index is 551. The summed E-state index contributed by atoms with van der Waals surface area (Å²) in [5.74, 6) is -0.333. The van der Waals surface area contributed by atoms with E-state index in [9.17, 15) is 9.59 Å². The summed E-state index contributed by atoms with van der Waals surface area (Å²) >= 11 is 11.5. The minimum absolute atomic E-state index is 0.117. The van der Waals surface area contributed by atoms with Gasteiger partial charge < -0.3 is 9.64 Å². The SMILES string of the molecule is CC1CCCN(C(=O)COC(=O)c2cnc(Cl)c(Cl)c2)C1. The molecule has 5 nitrogen and oxygen atoms in total. The van der Waals surface area contributed by atoms with E-state index in [1.165, 1.54) is 12.3 Å². The van der Waals surface area contributed by atoms with E-state index in [0.29, 0.717) is 12.5 Å². The minimum atomic E-state index is -0.639. The Kier molecular flexibility index (Phi) is 5.42. The fraction of sp³-hybridized carbons (Fsp3) is 0.500. The van der Waals surface area contributed by atoms with Gasteiger partial charge in [0.05, 0.1) is 10.6 Å². The summed E-state index contributed by atoms with van der Waals surface area (Å²) in [6.45, 7) is 3.26. The van der Waals surface area contributed by atoms with Crippen molar-refractivity contribution in [2.24, 2.45) is 5.92 Å². The zero-order valence-electron chi connectivity index (χ0n) is 11.6. The van der Waals surface area contributed by atoms with E-state index >= 15 is 0 Å². The van der Waals surface area contributed by atoms with E-state index in [0.717, 1.165) is 19.4 Å². The summed E-state index contributed by atoms with van der Waals surface area (Å²) in [6.07, 6.45) is 3.38. The minimum Gasteiger partial charge on any atom is -0.452 e. The van der Waals surface area contributed by atoms with Gasteiger partial charge in [-0.05, 0) is 24.8 Å². The highest BCUT2D eigenvalue weighted by Gasteiger charge is 2.22. The number of carbonyl (C=O) groups is 2. The largest absolute Gasteiger partial charge is 0.452 e. The van der Waals surface area contributed by atoms with Gasteiger partial charge in [0.1, 0.15) is 5.15 Å². The summed E-state index contributed by atoms with van der Waals surface area (Å²) in [5.41, 5.74) is 0.171. The molecule has 0 aliphatic carbocycles. The van der Waals surface area contributed by atoms with Gasteiger partial charge >= 0.3 is 5.97 Å². The predicted octanol–water partition coefficient (Wildman–Crippen LogP) is 2.80. The number of halogens is 2. The molecule has 0 saturated carbocycles. The zero-order valence-corrected chi connectivity index (χ0v) is 13.2. The molecule has 1 atom stereocenters. The number of amides is 1. The second-order valence-electron chi connectivity index (χ2n) is 5.16. The van der Waals surface area contributed by atoms with Crippen LogP contribution in [-0.2, 0) is 9.53 Å². The van der Waals surface area contributed by atoms with Crippen molar-refractivity contribution >= 4 is 35.1 Å². The summed E-state index contributed by atoms with van der Waals surface area (Å²) in [5, 5.41) is 0.286. The van der Waals surface area contributed by atoms with Crippen molar-refractivity contribution < 1.29 is 14.3 Å². The van der Waals surface area contributed by atoms with Crippen LogP contribution < -0.4 is 0 Å². The molecule has 1 aromatic heterocycles. The van der Waals surface area contributed by atoms with Gasteiger partial charge in [0.15, 0.2) is 6.61 Å². The Morgan fingerprint density at radius 3 is 2.90 bits per heavy atom. The predicted molar refractivity (Wildman–Crippen MR) is 79.5 cm³/mol. The average Bonchev–Trinajstić information content (AvgIpc) is 2.47. The number of nitrogens with zero attached hydrogens (tertiary/aromatic N) is 2. The molecule has 2 rings (SSSR count). The van der Waals surface area contributed by atoms with Crippen molar-refractivity contribution in [2.45, 2.75) is 19.8 Å². The maximum atomic E-state index is 12.0. The first-order valence-corrected chi connectivity index (χ1v) is 7.49. The quantitative estimate of drug-likeness (QED) is 0.631. The Morgan fingerprint density at radius 1 is 1.48 bits per heavy atom. The fourth-order valence-corrected chi connectivity index (χ4v) is 2.52. The molecule has 1 fully saturated rings. The van der Waals surface area contributed by atoms with Gasteiger partial charge in [0.2, 0.25) is 0 Å². The van der Waals surface area contributed by atoms with Crippen LogP contribution in [0.1, 0.15) is 30.1 Å². The number of esters is 1. The highest BCUT2D eigenvalue weighted by atomic mass is 35.5. The topological polar surface area (TPSA) is 59.5 Å². The van der Waals surface area contributed by atoms with E-state index in [1.54, 1.807) is 4.90 Å². The molecule has 1 saturated heterocycles. The molecule has 0 bridgehead atoms. The smallest absolute Gasteiger partial charge is 0.340 e. The molecular formula is C14H16Cl2N2O3. The first-order valence-electron chi connectivity index (χ1n) is 6.73. The molecule has 1 aromatic rings. The number of hydrogen-bond donors (Lipinski definition) is 0. The third-order valence-electron chi connectivity index (χ3n) is 3.37. The van der Waals surface area contributed by atoms with Gasteiger partial charge in [-0.25, -0.2) is 9.78 Å². The van der Waals surface area contributed by atoms with Gasteiger partial charge in [-0.2, -0.15) is 0 Å². The lowest BCUT2D eigenvalue weighted by Crippen LogP contribution is -2.41. The zero-order chi connectivity index (χ0) is 15.4. The lowest BCUT2D eigenvalue weighted by atomic mass is 10.0. The standard InChI is InChI=1S/C14H16Cl2N2O3/c1-9-3-2-4-18(7-9)12(19)8-21-14(20)10-5-11(15)13(16)17-6-10/h5-6,9H,2-4,7-8H2,1H3. The molecule has 0 N–H and O–H groups in total. The Balaban J connectivity index is 1.88. The molecule has 2 heterocycles. The number of pyridine rings is 1. The summed E-state index contributed by atoms with van der Waals surface area (Å²) in [4.78, 5) is 29.3. The van der Waals surface area contributed by atoms with E-state index in [-0.39, 0.29) is 28.3 Å². The molecule has 0 radical (unpaired) electrons. The van der Waals surface area contributed by atoms with Crippen LogP contribution in [0, 0.1) is 5.92 Å². The van der Waals surface area contributed by atoms with Crippen LogP contribution in [0.15, 0.2) is 12.3 Å². The molecule has 0 aromatic carbocycles. The first-order chi connectivity index (χ1) is 9.97. The van der Waals surface area contributed by atoms with Crippen LogP contribution >= 0.6 is 23.2 Å². The lowest BCUT2D eigenvalue weighted by Gasteiger charge is -2.30. The number of piperidine rings is 1. The van der Waals surface area contributed by atoms with Gasteiger partial charge in [-0.15, -0.1) is 0 Å². The Labute approximate surface area is 133 Å². The van der Waals surface area contributed by atoms with Gasteiger partial charge in [-0.3, -0.25) is 4.79 Å². The molecular weight excluding hydrogens is 315 g/mol. The van der Waals surface area contributed by atoms with E-state index in [2.05, 4.69) is 11.9 Å². The van der Waals surface area contributed by atoms with Crippen LogP contribution in [0.2, 0.25) is 10.2 Å². The maximum Gasteiger partial charge on any atom is 0.340 e. The number of rotatable bonds is 3. The fourth-order valence-electron chi connectivity index (χ4n) is 2.25. The van der Waals surface area contributed by atoms with Crippen molar-refractivity contribution in [2.75, 3.05) is 19.7 Å². The maximum absolute atomic E-state index is 12.0. The van der Waals surface area contributed by atoms with E-state index < -0.39 is 5.97 Å². The summed E-state index contributed by atoms with van der Waals surface area (Å²) < 4.78 is 5.00. The molecule has 1 unspecified atom stereocenters. The van der Waals surface area contributed by atoms with Crippen molar-refractivity contribution in [3.05, 3.63) is 28.0 Å². The number of carbonyl (C=O) groups excluding carboxylic acids is 2. The third-order valence-corrected chi connectivity index (χ3v) is 4.05. The van der Waals surface area contributed by atoms with Crippen molar-refractivity contribution in [1.29, 1.82) is 0 Å². The number of aromatic nitrogens is 1. The molecule has 7 heteroatoms. The van der Waals surface area contributed by atoms with Gasteiger partial charge in [0, 0.05) is 19.3 Å².